The van der Waals surface area contributed by atoms with Gasteiger partial charge in [0.1, 0.15) is 0 Å². The van der Waals surface area contributed by atoms with Crippen LogP contribution in [0.15, 0.2) is 24.3 Å². The number of unbranched alkanes of at least 4 members (excludes halogenated alkanes) is 47. The number of nitrogens with one attached hydrogen (secondary N) is 1. The quantitative estimate of drug-likeness (QED) is 0.0320. The minimum absolute atomic E-state index is 0.000321. The van der Waals surface area contributed by atoms with E-state index in [0.717, 1.165) is 64.2 Å². The lowest BCUT2D eigenvalue weighted by Gasteiger charge is -2.20. The largest absolute Gasteiger partial charge is 0.466 e. The molecule has 0 aromatic heterocycles. The zero-order chi connectivity index (χ0) is 51.4. The van der Waals surface area contributed by atoms with Gasteiger partial charge in [0.25, 0.3) is 0 Å². The van der Waals surface area contributed by atoms with E-state index in [1.54, 1.807) is 6.08 Å². The first-order valence-electron chi connectivity index (χ1n) is 32.1. The molecule has 6 nitrogen and oxygen atoms in total. The van der Waals surface area contributed by atoms with Gasteiger partial charge in [-0.05, 0) is 57.8 Å². The van der Waals surface area contributed by atoms with Gasteiger partial charge in [-0.25, -0.2) is 0 Å². The molecule has 0 heterocycles. The zero-order valence-electron chi connectivity index (χ0n) is 48.0. The molecule has 0 aromatic rings. The van der Waals surface area contributed by atoms with Gasteiger partial charge in [0.15, 0.2) is 0 Å². The van der Waals surface area contributed by atoms with Gasteiger partial charge in [-0.3, -0.25) is 9.59 Å². The Morgan fingerprint density at radius 3 is 1.00 bits per heavy atom. The van der Waals surface area contributed by atoms with Crippen LogP contribution in [0.4, 0.5) is 0 Å². The number of aliphatic hydroxyl groups is 2. The number of carbonyl (C=O) groups excluding carboxylic acids is 2. The topological polar surface area (TPSA) is 95.9 Å². The summed E-state index contributed by atoms with van der Waals surface area (Å²) in [5.74, 6) is -0.0812. The minimum Gasteiger partial charge on any atom is -0.466 e. The fraction of sp³-hybridized carbons (Fsp3) is 0.908. The number of carbonyl (C=O) groups is 2. The third kappa shape index (κ3) is 57.5. The van der Waals surface area contributed by atoms with Gasteiger partial charge < -0.3 is 20.3 Å². The van der Waals surface area contributed by atoms with Gasteiger partial charge in [0.2, 0.25) is 5.91 Å². The van der Waals surface area contributed by atoms with Gasteiger partial charge in [-0.2, -0.15) is 0 Å². The van der Waals surface area contributed by atoms with Gasteiger partial charge in [0, 0.05) is 12.8 Å². The molecule has 2 atom stereocenters. The maximum atomic E-state index is 12.5. The van der Waals surface area contributed by atoms with Crippen LogP contribution in [0.2, 0.25) is 0 Å². The molecule has 0 radical (unpaired) electrons. The number of esters is 1. The third-order valence-electron chi connectivity index (χ3n) is 15.0. The molecule has 0 spiro atoms. The molecule has 0 aliphatic carbocycles. The van der Waals surface area contributed by atoms with Crippen molar-refractivity contribution in [1.82, 2.24) is 5.32 Å². The second kappa shape index (κ2) is 60.9. The third-order valence-corrected chi connectivity index (χ3v) is 15.0. The SMILES string of the molecule is CCCCCCCCCCCCCCCCCCCCCC/C=C/C(O)C(CO)NC(=O)CCCCCCC/C=C\CCCCCCCCCOC(=O)CCCCCCCCCCCCCCCCCC. The summed E-state index contributed by atoms with van der Waals surface area (Å²) in [6, 6.07) is -0.641. The van der Waals surface area contributed by atoms with Gasteiger partial charge in [-0.1, -0.05) is 308 Å². The molecule has 0 aromatic carbocycles. The number of ether oxygens (including phenoxy) is 1. The van der Waals surface area contributed by atoms with Crippen molar-refractivity contribution in [2.75, 3.05) is 13.2 Å². The fourth-order valence-corrected chi connectivity index (χ4v) is 10.0. The Hall–Kier alpha value is -1.66. The fourth-order valence-electron chi connectivity index (χ4n) is 10.0. The first-order chi connectivity index (χ1) is 35.0. The molecule has 6 heteroatoms. The van der Waals surface area contributed by atoms with Crippen molar-refractivity contribution in [2.24, 2.45) is 0 Å². The van der Waals surface area contributed by atoms with Crippen molar-refractivity contribution in [1.29, 1.82) is 0 Å². The molecule has 0 fully saturated rings. The summed E-state index contributed by atoms with van der Waals surface area (Å²) in [6.07, 6.45) is 75.0. The van der Waals surface area contributed by atoms with E-state index in [1.165, 1.54) is 263 Å². The molecule has 0 bridgehead atoms. The van der Waals surface area contributed by atoms with Gasteiger partial charge in [0.05, 0.1) is 25.4 Å². The second-order valence-electron chi connectivity index (χ2n) is 22.1. The lowest BCUT2D eigenvalue weighted by atomic mass is 10.0. The van der Waals surface area contributed by atoms with Gasteiger partial charge >= 0.3 is 5.97 Å². The Balaban J connectivity index is 3.48. The highest BCUT2D eigenvalue weighted by molar-refractivity contribution is 5.76. The molecule has 420 valence electrons. The van der Waals surface area contributed by atoms with Crippen LogP contribution < -0.4 is 5.32 Å². The predicted octanol–water partition coefficient (Wildman–Crippen LogP) is 20.2. The van der Waals surface area contributed by atoms with Crippen LogP contribution in [0.1, 0.15) is 354 Å². The molecule has 0 aliphatic heterocycles. The molecule has 1 amide bonds. The van der Waals surface area contributed by atoms with Crippen LogP contribution in [-0.4, -0.2) is 47.4 Å². The Morgan fingerprint density at radius 2 is 0.662 bits per heavy atom. The van der Waals surface area contributed by atoms with E-state index in [0.29, 0.717) is 19.4 Å². The van der Waals surface area contributed by atoms with Crippen LogP contribution >= 0.6 is 0 Å². The molecular weight excluding hydrogens is 875 g/mol. The first kappa shape index (κ1) is 69.3. The van der Waals surface area contributed by atoms with E-state index in [1.807, 2.05) is 6.08 Å². The number of rotatable bonds is 60. The van der Waals surface area contributed by atoms with Crippen LogP contribution in [0.25, 0.3) is 0 Å². The predicted molar refractivity (Wildman–Crippen MR) is 310 cm³/mol. The molecule has 3 N–H and O–H groups in total. The van der Waals surface area contributed by atoms with Crippen molar-refractivity contribution < 1.29 is 24.5 Å². The smallest absolute Gasteiger partial charge is 0.305 e. The Kier molecular flexibility index (Phi) is 59.5. The summed E-state index contributed by atoms with van der Waals surface area (Å²) in [7, 11) is 0. The Morgan fingerprint density at radius 1 is 0.380 bits per heavy atom. The Bertz CT molecular complexity index is 1110. The maximum Gasteiger partial charge on any atom is 0.305 e. The molecule has 0 aliphatic rings. The van der Waals surface area contributed by atoms with Crippen molar-refractivity contribution in [3.8, 4) is 0 Å². The van der Waals surface area contributed by atoms with Crippen molar-refractivity contribution in [3.05, 3.63) is 24.3 Å². The van der Waals surface area contributed by atoms with Crippen molar-refractivity contribution >= 4 is 11.9 Å². The van der Waals surface area contributed by atoms with E-state index in [2.05, 4.69) is 31.3 Å². The standard InChI is InChI=1S/C65H125NO5/c1-3-5-7-9-11-13-15-17-19-21-22-23-24-25-26-29-33-37-41-45-49-53-57-63(68)62(61-67)66-64(69)58-54-50-46-42-38-34-30-27-28-32-36-40-44-48-52-56-60-71-65(70)59-55-51-47-43-39-35-31-20-18-16-14-12-10-8-6-4-2/h27,30,53,57,62-63,67-68H,3-26,28-29,31-52,54-56,58-61H2,1-2H3,(H,66,69)/b30-27-,57-53+. The highest BCUT2D eigenvalue weighted by atomic mass is 16.5. The van der Waals surface area contributed by atoms with Crippen LogP contribution in [-0.2, 0) is 14.3 Å². The highest BCUT2D eigenvalue weighted by Crippen LogP contribution is 2.18. The molecule has 0 saturated carbocycles. The summed E-state index contributed by atoms with van der Waals surface area (Å²) >= 11 is 0. The normalized spacial score (nSPS) is 12.7. The number of hydrogen-bond acceptors (Lipinski definition) is 5. The average molecular weight is 1000 g/mol. The monoisotopic (exact) mass is 1000 g/mol. The lowest BCUT2D eigenvalue weighted by molar-refractivity contribution is -0.143. The van der Waals surface area contributed by atoms with Crippen LogP contribution in [0.5, 0.6) is 0 Å². The number of allylic oxidation sites excluding steroid dienone is 3. The van der Waals surface area contributed by atoms with E-state index >= 15 is 0 Å². The molecule has 2 unspecified atom stereocenters. The molecular formula is C65H125NO5. The second-order valence-corrected chi connectivity index (χ2v) is 22.1. The van der Waals surface area contributed by atoms with Gasteiger partial charge in [-0.15, -0.1) is 0 Å². The zero-order valence-corrected chi connectivity index (χ0v) is 48.0. The summed E-state index contributed by atoms with van der Waals surface area (Å²) < 4.78 is 5.48. The average Bonchev–Trinajstić information content (AvgIpc) is 3.37. The lowest BCUT2D eigenvalue weighted by Crippen LogP contribution is -2.45. The number of amides is 1. The summed E-state index contributed by atoms with van der Waals surface area (Å²) in [5, 5.41) is 23.2. The molecule has 71 heavy (non-hydrogen) atoms. The van der Waals surface area contributed by atoms with E-state index < -0.39 is 12.1 Å². The number of aliphatic hydroxyl groups excluding tert-OH is 2. The number of hydrogen-bond donors (Lipinski definition) is 3. The first-order valence-corrected chi connectivity index (χ1v) is 32.1. The Labute approximate surface area is 443 Å². The van der Waals surface area contributed by atoms with Crippen molar-refractivity contribution in [2.45, 2.75) is 366 Å². The minimum atomic E-state index is -0.856. The summed E-state index contributed by atoms with van der Waals surface area (Å²) in [5.41, 5.74) is 0. The summed E-state index contributed by atoms with van der Waals surface area (Å²) in [6.45, 7) is 4.91. The highest BCUT2D eigenvalue weighted by Gasteiger charge is 2.18. The van der Waals surface area contributed by atoms with Crippen molar-refractivity contribution in [3.63, 3.8) is 0 Å². The summed E-state index contributed by atoms with van der Waals surface area (Å²) in [4.78, 5) is 24.6. The van der Waals surface area contributed by atoms with Crippen LogP contribution in [0.3, 0.4) is 0 Å². The molecule has 0 rings (SSSR count). The van der Waals surface area contributed by atoms with E-state index in [-0.39, 0.29) is 18.5 Å². The maximum absolute atomic E-state index is 12.5. The molecule has 0 saturated heterocycles. The van der Waals surface area contributed by atoms with E-state index in [4.69, 9.17) is 4.74 Å². The van der Waals surface area contributed by atoms with Crippen LogP contribution in [0, 0.1) is 0 Å². The van der Waals surface area contributed by atoms with E-state index in [9.17, 15) is 19.8 Å².